The molecule has 98 valence electrons. The topological polar surface area (TPSA) is 61.5 Å². The number of hydrogen-bond donors (Lipinski definition) is 1. The van der Waals surface area contributed by atoms with Crippen molar-refractivity contribution in [2.45, 2.75) is 38.2 Å². The van der Waals surface area contributed by atoms with Crippen LogP contribution in [0.15, 0.2) is 18.2 Å². The van der Waals surface area contributed by atoms with Crippen LogP contribution >= 0.6 is 0 Å². The highest BCUT2D eigenvalue weighted by atomic mass is 16.5. The predicted octanol–water partition coefficient (Wildman–Crippen LogP) is 2.04. The summed E-state index contributed by atoms with van der Waals surface area (Å²) in [6, 6.07) is 5.51. The molecular formula is C14H19NO3. The van der Waals surface area contributed by atoms with Crippen LogP contribution in [-0.4, -0.2) is 19.1 Å². The Morgan fingerprint density at radius 3 is 2.67 bits per heavy atom. The second-order valence-corrected chi connectivity index (χ2v) is 4.65. The van der Waals surface area contributed by atoms with E-state index in [0.29, 0.717) is 11.5 Å². The molecule has 1 saturated carbocycles. The summed E-state index contributed by atoms with van der Waals surface area (Å²) in [7, 11) is 1.62. The average molecular weight is 249 g/mol. The molecule has 1 aromatic carbocycles. The summed E-state index contributed by atoms with van der Waals surface area (Å²) in [6.45, 7) is 0. The maximum absolute atomic E-state index is 10.9. The third-order valence-electron chi connectivity index (χ3n) is 3.20. The van der Waals surface area contributed by atoms with Crippen molar-refractivity contribution >= 4 is 5.91 Å². The van der Waals surface area contributed by atoms with Gasteiger partial charge in [-0.2, -0.15) is 0 Å². The smallest absolute Gasteiger partial charge is 0.221 e. The number of primary amides is 1. The Morgan fingerprint density at radius 2 is 2.06 bits per heavy atom. The van der Waals surface area contributed by atoms with E-state index in [4.69, 9.17) is 15.2 Å². The Labute approximate surface area is 107 Å². The van der Waals surface area contributed by atoms with E-state index < -0.39 is 0 Å². The van der Waals surface area contributed by atoms with Crippen LogP contribution in [0.5, 0.6) is 11.5 Å². The van der Waals surface area contributed by atoms with E-state index in [-0.39, 0.29) is 18.4 Å². The minimum Gasteiger partial charge on any atom is -0.493 e. The van der Waals surface area contributed by atoms with Gasteiger partial charge < -0.3 is 15.2 Å². The molecule has 0 aliphatic heterocycles. The Balaban J connectivity index is 2.15. The molecule has 0 unspecified atom stereocenters. The van der Waals surface area contributed by atoms with Crippen LogP contribution in [0.25, 0.3) is 0 Å². The lowest BCUT2D eigenvalue weighted by molar-refractivity contribution is -0.117. The number of rotatable bonds is 5. The molecule has 18 heavy (non-hydrogen) atoms. The first kappa shape index (κ1) is 12.7. The van der Waals surface area contributed by atoms with E-state index in [9.17, 15) is 4.79 Å². The maximum atomic E-state index is 10.9. The van der Waals surface area contributed by atoms with Crippen LogP contribution in [0, 0.1) is 0 Å². The van der Waals surface area contributed by atoms with Crippen molar-refractivity contribution in [2.24, 2.45) is 5.73 Å². The van der Waals surface area contributed by atoms with Crippen molar-refractivity contribution in [3.05, 3.63) is 23.8 Å². The summed E-state index contributed by atoms with van der Waals surface area (Å²) in [6.07, 6.45) is 5.10. The van der Waals surface area contributed by atoms with Crippen LogP contribution in [-0.2, 0) is 11.2 Å². The van der Waals surface area contributed by atoms with Gasteiger partial charge in [-0.3, -0.25) is 4.79 Å². The van der Waals surface area contributed by atoms with Crippen LogP contribution in [0.2, 0.25) is 0 Å². The lowest BCUT2D eigenvalue weighted by Gasteiger charge is -2.16. The molecule has 4 nitrogen and oxygen atoms in total. The van der Waals surface area contributed by atoms with E-state index in [2.05, 4.69) is 0 Å². The van der Waals surface area contributed by atoms with Gasteiger partial charge in [0.25, 0.3) is 0 Å². The van der Waals surface area contributed by atoms with Gasteiger partial charge in [0.15, 0.2) is 11.5 Å². The number of hydrogen-bond acceptors (Lipinski definition) is 3. The fourth-order valence-electron chi connectivity index (χ4n) is 2.31. The highest BCUT2D eigenvalue weighted by Crippen LogP contribution is 2.32. The number of benzene rings is 1. The molecule has 1 aliphatic carbocycles. The molecule has 1 aromatic rings. The second-order valence-electron chi connectivity index (χ2n) is 4.65. The first-order valence-electron chi connectivity index (χ1n) is 6.31. The fourth-order valence-corrected chi connectivity index (χ4v) is 2.31. The molecule has 1 fully saturated rings. The van der Waals surface area contributed by atoms with Crippen molar-refractivity contribution in [3.63, 3.8) is 0 Å². The van der Waals surface area contributed by atoms with E-state index in [0.717, 1.165) is 18.4 Å². The highest BCUT2D eigenvalue weighted by molar-refractivity contribution is 5.76. The van der Waals surface area contributed by atoms with Crippen molar-refractivity contribution in [3.8, 4) is 11.5 Å². The van der Waals surface area contributed by atoms with Crippen molar-refractivity contribution < 1.29 is 14.3 Å². The number of carbonyl (C=O) groups is 1. The molecule has 0 radical (unpaired) electrons. The fraction of sp³-hybridized carbons (Fsp3) is 0.500. The average Bonchev–Trinajstić information content (AvgIpc) is 2.81. The first-order chi connectivity index (χ1) is 8.69. The van der Waals surface area contributed by atoms with E-state index in [1.54, 1.807) is 7.11 Å². The monoisotopic (exact) mass is 249 g/mol. The molecule has 0 saturated heterocycles. The minimum atomic E-state index is -0.341. The molecule has 1 aliphatic rings. The van der Waals surface area contributed by atoms with Gasteiger partial charge in [-0.25, -0.2) is 0 Å². The minimum absolute atomic E-state index is 0.227. The lowest BCUT2D eigenvalue weighted by Crippen LogP contribution is -2.15. The quantitative estimate of drug-likeness (QED) is 0.868. The van der Waals surface area contributed by atoms with Crippen LogP contribution in [0.3, 0.4) is 0 Å². The van der Waals surface area contributed by atoms with Crippen molar-refractivity contribution in [1.82, 2.24) is 0 Å². The van der Waals surface area contributed by atoms with Crippen LogP contribution < -0.4 is 15.2 Å². The van der Waals surface area contributed by atoms with Gasteiger partial charge in [-0.1, -0.05) is 6.07 Å². The molecule has 0 heterocycles. The largest absolute Gasteiger partial charge is 0.493 e. The Bertz CT molecular complexity index is 425. The number of carbonyl (C=O) groups excluding carboxylic acids is 1. The molecule has 0 bridgehead atoms. The summed E-state index contributed by atoms with van der Waals surface area (Å²) in [5.41, 5.74) is 6.06. The standard InChI is InChI=1S/C14H19NO3/c1-17-12-7-6-10(9-14(15)16)8-13(12)18-11-4-2-3-5-11/h6-8,11H,2-5,9H2,1H3,(H2,15,16). The number of ether oxygens (including phenoxy) is 2. The van der Waals surface area contributed by atoms with E-state index in [1.807, 2.05) is 18.2 Å². The Kier molecular flexibility index (Phi) is 4.07. The molecule has 2 N–H and O–H groups in total. The van der Waals surface area contributed by atoms with Gasteiger partial charge in [0.05, 0.1) is 19.6 Å². The molecule has 2 rings (SSSR count). The summed E-state index contributed by atoms with van der Waals surface area (Å²) in [5, 5.41) is 0. The third-order valence-corrected chi connectivity index (χ3v) is 3.20. The zero-order chi connectivity index (χ0) is 13.0. The van der Waals surface area contributed by atoms with Gasteiger partial charge >= 0.3 is 0 Å². The maximum Gasteiger partial charge on any atom is 0.221 e. The second kappa shape index (κ2) is 5.76. The van der Waals surface area contributed by atoms with Crippen molar-refractivity contribution in [2.75, 3.05) is 7.11 Å². The van der Waals surface area contributed by atoms with Gasteiger partial charge in [-0.15, -0.1) is 0 Å². The third kappa shape index (κ3) is 3.15. The predicted molar refractivity (Wildman–Crippen MR) is 68.8 cm³/mol. The lowest BCUT2D eigenvalue weighted by atomic mass is 10.1. The Morgan fingerprint density at radius 1 is 1.33 bits per heavy atom. The highest BCUT2D eigenvalue weighted by Gasteiger charge is 2.18. The summed E-state index contributed by atoms with van der Waals surface area (Å²) in [4.78, 5) is 10.9. The number of nitrogens with two attached hydrogens (primary N) is 1. The van der Waals surface area contributed by atoms with E-state index in [1.165, 1.54) is 12.8 Å². The molecule has 4 heteroatoms. The zero-order valence-electron chi connectivity index (χ0n) is 10.6. The summed E-state index contributed by atoms with van der Waals surface area (Å²) >= 11 is 0. The van der Waals surface area contributed by atoms with Gasteiger partial charge in [0.2, 0.25) is 5.91 Å². The summed E-state index contributed by atoms with van der Waals surface area (Å²) < 4.78 is 11.2. The SMILES string of the molecule is COc1ccc(CC(N)=O)cc1OC1CCCC1. The number of amides is 1. The van der Waals surface area contributed by atoms with Gasteiger partial charge in [-0.05, 0) is 43.4 Å². The van der Waals surface area contributed by atoms with Gasteiger partial charge in [0, 0.05) is 0 Å². The molecule has 1 amide bonds. The van der Waals surface area contributed by atoms with E-state index >= 15 is 0 Å². The molecule has 0 spiro atoms. The van der Waals surface area contributed by atoms with Crippen LogP contribution in [0.4, 0.5) is 0 Å². The van der Waals surface area contributed by atoms with Crippen molar-refractivity contribution in [1.29, 1.82) is 0 Å². The summed E-state index contributed by atoms with van der Waals surface area (Å²) in [5.74, 6) is 1.07. The number of methoxy groups -OCH3 is 1. The molecule has 0 aromatic heterocycles. The first-order valence-corrected chi connectivity index (χ1v) is 6.31. The molecule has 0 atom stereocenters. The normalized spacial score (nSPS) is 15.6. The molecular weight excluding hydrogens is 230 g/mol. The zero-order valence-corrected chi connectivity index (χ0v) is 10.6. The van der Waals surface area contributed by atoms with Crippen LogP contribution in [0.1, 0.15) is 31.2 Å². The van der Waals surface area contributed by atoms with Gasteiger partial charge in [0.1, 0.15) is 0 Å². The Hall–Kier alpha value is -1.71.